The van der Waals surface area contributed by atoms with E-state index in [4.69, 9.17) is 16.6 Å². The second-order valence-corrected chi connectivity index (χ2v) is 4.44. The minimum absolute atomic E-state index is 0.139. The summed E-state index contributed by atoms with van der Waals surface area (Å²) in [5, 5.41) is 5.62. The summed E-state index contributed by atoms with van der Waals surface area (Å²) in [6, 6.07) is 11.1. The van der Waals surface area contributed by atoms with E-state index in [-0.39, 0.29) is 10.9 Å². The molecule has 0 radical (unpaired) electrons. The average molecular weight is 274 g/mol. The van der Waals surface area contributed by atoms with Crippen LogP contribution in [-0.4, -0.2) is 10.9 Å². The number of nitrogens with one attached hydrogen (secondary N) is 2. The summed E-state index contributed by atoms with van der Waals surface area (Å²) in [6.45, 7) is 2.32. The Morgan fingerprint density at radius 3 is 2.74 bits per heavy atom. The van der Waals surface area contributed by atoms with E-state index in [9.17, 15) is 4.79 Å². The van der Waals surface area contributed by atoms with Gasteiger partial charge in [-0.1, -0.05) is 30.4 Å². The number of benzene rings is 1. The number of furan rings is 1. The van der Waals surface area contributed by atoms with E-state index in [2.05, 4.69) is 10.6 Å². The Bertz CT molecular complexity index is 579. The number of para-hydroxylation sites is 1. The van der Waals surface area contributed by atoms with Gasteiger partial charge in [0.15, 0.2) is 4.99 Å². The van der Waals surface area contributed by atoms with Gasteiger partial charge in [-0.2, -0.15) is 0 Å². The van der Waals surface area contributed by atoms with Crippen molar-refractivity contribution in [1.82, 2.24) is 5.32 Å². The van der Waals surface area contributed by atoms with Crippen molar-refractivity contribution in [3.05, 3.63) is 54.0 Å². The van der Waals surface area contributed by atoms with Gasteiger partial charge in [0.25, 0.3) is 5.91 Å². The van der Waals surface area contributed by atoms with Crippen LogP contribution in [0.25, 0.3) is 0 Å². The predicted molar refractivity (Wildman–Crippen MR) is 78.0 cm³/mol. The number of carbonyl (C=O) groups excluding carboxylic acids is 1. The van der Waals surface area contributed by atoms with E-state index in [1.54, 1.807) is 12.3 Å². The average Bonchev–Trinajstić information content (AvgIpc) is 2.91. The standard InChI is InChI=1S/C14H14N2O2S/c1-10-5-2-3-7-12(10)16-13(17)14(19)15-9-11-6-4-8-18-11/h2-8H,9H2,1H3,(H,15,19)(H,16,17). The summed E-state index contributed by atoms with van der Waals surface area (Å²) in [5.74, 6) is 0.405. The number of aryl methyl sites for hydroxylation is 1. The molecular formula is C14H14N2O2S. The van der Waals surface area contributed by atoms with Gasteiger partial charge in [-0.3, -0.25) is 4.79 Å². The second-order valence-electron chi connectivity index (χ2n) is 4.03. The van der Waals surface area contributed by atoms with Crippen molar-refractivity contribution < 1.29 is 9.21 Å². The molecule has 1 aromatic heterocycles. The zero-order valence-electron chi connectivity index (χ0n) is 10.5. The Kier molecular flexibility index (Phi) is 4.30. The number of hydrogen-bond acceptors (Lipinski definition) is 3. The van der Waals surface area contributed by atoms with Crippen LogP contribution in [0.1, 0.15) is 11.3 Å². The molecule has 0 aliphatic rings. The van der Waals surface area contributed by atoms with Gasteiger partial charge in [-0.05, 0) is 30.7 Å². The van der Waals surface area contributed by atoms with Crippen molar-refractivity contribution in [3.8, 4) is 0 Å². The van der Waals surface area contributed by atoms with Gasteiger partial charge in [0.05, 0.1) is 12.8 Å². The Hall–Kier alpha value is -2.14. The molecule has 0 unspecified atom stereocenters. The second kappa shape index (κ2) is 6.15. The molecule has 0 fully saturated rings. The molecule has 0 spiro atoms. The highest BCUT2D eigenvalue weighted by atomic mass is 32.1. The summed E-state index contributed by atoms with van der Waals surface area (Å²) in [6.07, 6.45) is 1.58. The van der Waals surface area contributed by atoms with Crippen LogP contribution in [0, 0.1) is 6.92 Å². The number of hydrogen-bond donors (Lipinski definition) is 2. The minimum atomic E-state index is -0.323. The van der Waals surface area contributed by atoms with E-state index in [0.717, 1.165) is 17.0 Å². The van der Waals surface area contributed by atoms with Crippen LogP contribution in [0.5, 0.6) is 0 Å². The molecule has 2 N–H and O–H groups in total. The maximum Gasteiger partial charge on any atom is 0.283 e. The normalized spacial score (nSPS) is 9.95. The highest BCUT2D eigenvalue weighted by Gasteiger charge is 2.10. The first-order chi connectivity index (χ1) is 9.16. The lowest BCUT2D eigenvalue weighted by molar-refractivity contribution is -0.110. The zero-order valence-corrected chi connectivity index (χ0v) is 11.3. The first kappa shape index (κ1) is 13.3. The Morgan fingerprint density at radius 1 is 1.26 bits per heavy atom. The summed E-state index contributed by atoms with van der Waals surface area (Å²) >= 11 is 5.03. The summed E-state index contributed by atoms with van der Waals surface area (Å²) in [4.78, 5) is 12.0. The number of rotatable bonds is 3. The lowest BCUT2D eigenvalue weighted by atomic mass is 10.2. The van der Waals surface area contributed by atoms with Gasteiger partial charge in [-0.15, -0.1) is 0 Å². The smallest absolute Gasteiger partial charge is 0.283 e. The maximum atomic E-state index is 11.9. The van der Waals surface area contributed by atoms with Crippen molar-refractivity contribution in [3.63, 3.8) is 0 Å². The fraction of sp³-hybridized carbons (Fsp3) is 0.143. The molecule has 0 saturated carbocycles. The molecule has 4 nitrogen and oxygen atoms in total. The molecule has 1 heterocycles. The fourth-order valence-electron chi connectivity index (χ4n) is 1.55. The van der Waals surface area contributed by atoms with Gasteiger partial charge < -0.3 is 15.1 Å². The van der Waals surface area contributed by atoms with Gasteiger partial charge in [0.1, 0.15) is 5.76 Å². The number of carbonyl (C=O) groups is 1. The summed E-state index contributed by atoms with van der Waals surface area (Å²) in [7, 11) is 0. The largest absolute Gasteiger partial charge is 0.467 e. The van der Waals surface area contributed by atoms with E-state index < -0.39 is 0 Å². The number of anilines is 1. The zero-order chi connectivity index (χ0) is 13.7. The minimum Gasteiger partial charge on any atom is -0.467 e. The van der Waals surface area contributed by atoms with Crippen LogP contribution in [0.15, 0.2) is 47.1 Å². The van der Waals surface area contributed by atoms with Crippen molar-refractivity contribution >= 4 is 28.8 Å². The molecule has 0 atom stereocenters. The highest BCUT2D eigenvalue weighted by Crippen LogP contribution is 2.12. The molecule has 2 aromatic rings. The topological polar surface area (TPSA) is 54.3 Å². The van der Waals surface area contributed by atoms with Crippen LogP contribution in [0.3, 0.4) is 0 Å². The molecule has 0 aliphatic carbocycles. The molecule has 98 valence electrons. The van der Waals surface area contributed by atoms with Crippen LogP contribution in [0.2, 0.25) is 0 Å². The summed E-state index contributed by atoms with van der Waals surface area (Å²) in [5.41, 5.74) is 1.75. The van der Waals surface area contributed by atoms with Gasteiger partial charge in [-0.25, -0.2) is 0 Å². The van der Waals surface area contributed by atoms with Gasteiger partial charge >= 0.3 is 0 Å². The third-order valence-electron chi connectivity index (χ3n) is 2.60. The Balaban J connectivity index is 1.89. The van der Waals surface area contributed by atoms with Crippen molar-refractivity contribution in [1.29, 1.82) is 0 Å². The fourth-order valence-corrected chi connectivity index (χ4v) is 1.68. The third-order valence-corrected chi connectivity index (χ3v) is 2.93. The molecule has 19 heavy (non-hydrogen) atoms. The summed E-state index contributed by atoms with van der Waals surface area (Å²) < 4.78 is 5.15. The lowest BCUT2D eigenvalue weighted by Crippen LogP contribution is -2.33. The molecule has 0 aliphatic heterocycles. The monoisotopic (exact) mass is 274 g/mol. The van der Waals surface area contributed by atoms with E-state index >= 15 is 0 Å². The molecule has 2 rings (SSSR count). The van der Waals surface area contributed by atoms with E-state index in [1.807, 2.05) is 37.3 Å². The van der Waals surface area contributed by atoms with Crippen molar-refractivity contribution in [2.45, 2.75) is 13.5 Å². The van der Waals surface area contributed by atoms with Crippen LogP contribution < -0.4 is 10.6 Å². The maximum absolute atomic E-state index is 11.9. The van der Waals surface area contributed by atoms with Crippen molar-refractivity contribution in [2.24, 2.45) is 0 Å². The molecule has 5 heteroatoms. The Morgan fingerprint density at radius 2 is 2.05 bits per heavy atom. The number of thiocarbonyl (C=S) groups is 1. The first-order valence-corrected chi connectivity index (χ1v) is 6.25. The highest BCUT2D eigenvalue weighted by molar-refractivity contribution is 7.82. The van der Waals surface area contributed by atoms with Crippen LogP contribution in [0.4, 0.5) is 5.69 Å². The van der Waals surface area contributed by atoms with Crippen LogP contribution >= 0.6 is 12.2 Å². The lowest BCUT2D eigenvalue weighted by Gasteiger charge is -2.09. The molecule has 1 amide bonds. The van der Waals surface area contributed by atoms with Crippen LogP contribution in [-0.2, 0) is 11.3 Å². The van der Waals surface area contributed by atoms with E-state index in [1.165, 1.54) is 0 Å². The van der Waals surface area contributed by atoms with Gasteiger partial charge in [0, 0.05) is 5.69 Å². The van der Waals surface area contributed by atoms with Gasteiger partial charge in [0.2, 0.25) is 0 Å². The predicted octanol–water partition coefficient (Wildman–Crippen LogP) is 2.64. The quantitative estimate of drug-likeness (QED) is 0.845. The third kappa shape index (κ3) is 3.66. The first-order valence-electron chi connectivity index (χ1n) is 5.84. The Labute approximate surface area is 116 Å². The SMILES string of the molecule is Cc1ccccc1NC(=O)C(=S)NCc1ccco1. The van der Waals surface area contributed by atoms with Crippen molar-refractivity contribution in [2.75, 3.05) is 5.32 Å². The molecule has 1 aromatic carbocycles. The number of amides is 1. The van der Waals surface area contributed by atoms with E-state index in [0.29, 0.717) is 6.54 Å². The molecule has 0 saturated heterocycles. The molecular weight excluding hydrogens is 260 g/mol. The molecule has 0 bridgehead atoms.